The van der Waals surface area contributed by atoms with Gasteiger partial charge in [0, 0.05) is 44.1 Å². The number of amides is 3. The molecule has 0 spiro atoms. The van der Waals surface area contributed by atoms with Crippen LogP contribution in [0, 0.1) is 11.8 Å². The first-order valence-electron chi connectivity index (χ1n) is 9.61. The second kappa shape index (κ2) is 8.19. The van der Waals surface area contributed by atoms with Gasteiger partial charge in [-0.1, -0.05) is 13.3 Å². The number of nitrogens with zero attached hydrogens (tertiary/aromatic N) is 2. The highest BCUT2D eigenvalue weighted by Crippen LogP contribution is 2.28. The van der Waals surface area contributed by atoms with Crippen LogP contribution < -0.4 is 5.32 Å². The molecule has 2 fully saturated rings. The molecule has 2 heterocycles. The van der Waals surface area contributed by atoms with Crippen LogP contribution in [0.4, 0.5) is 0 Å². The number of carbonyl (C=O) groups is 3. The molecule has 142 valence electrons. The molecule has 0 bridgehead atoms. The van der Waals surface area contributed by atoms with E-state index in [1.165, 1.54) is 0 Å². The Morgan fingerprint density at radius 1 is 1.16 bits per heavy atom. The zero-order valence-corrected chi connectivity index (χ0v) is 16.1. The van der Waals surface area contributed by atoms with E-state index in [4.69, 9.17) is 0 Å². The minimum Gasteiger partial charge on any atom is -0.356 e. The van der Waals surface area contributed by atoms with E-state index in [-0.39, 0.29) is 35.1 Å². The lowest BCUT2D eigenvalue weighted by Gasteiger charge is -2.34. The van der Waals surface area contributed by atoms with Gasteiger partial charge in [-0.25, -0.2) is 0 Å². The predicted molar refractivity (Wildman–Crippen MR) is 96.8 cm³/mol. The first kappa shape index (κ1) is 19.7. The van der Waals surface area contributed by atoms with Gasteiger partial charge in [0.25, 0.3) is 0 Å². The largest absolute Gasteiger partial charge is 0.356 e. The van der Waals surface area contributed by atoms with Gasteiger partial charge in [-0.2, -0.15) is 0 Å². The molecular weight excluding hydrogens is 318 g/mol. The second-order valence-corrected chi connectivity index (χ2v) is 8.32. The van der Waals surface area contributed by atoms with Crippen molar-refractivity contribution in [1.29, 1.82) is 0 Å². The zero-order valence-electron chi connectivity index (χ0n) is 16.1. The van der Waals surface area contributed by atoms with Crippen LogP contribution in [-0.2, 0) is 14.4 Å². The molecular formula is C19H33N3O3. The van der Waals surface area contributed by atoms with Crippen molar-refractivity contribution in [1.82, 2.24) is 15.1 Å². The van der Waals surface area contributed by atoms with Crippen molar-refractivity contribution < 1.29 is 14.4 Å². The van der Waals surface area contributed by atoms with E-state index < -0.39 is 0 Å². The van der Waals surface area contributed by atoms with Gasteiger partial charge in [-0.05, 0) is 40.0 Å². The fourth-order valence-electron chi connectivity index (χ4n) is 3.67. The number of rotatable bonds is 5. The predicted octanol–water partition coefficient (Wildman–Crippen LogP) is 1.79. The molecule has 2 aliphatic rings. The smallest absolute Gasteiger partial charge is 0.227 e. The lowest BCUT2D eigenvalue weighted by molar-refractivity contribution is -0.139. The molecule has 0 radical (unpaired) electrons. The Bertz CT molecular complexity index is 505. The monoisotopic (exact) mass is 351 g/mol. The Balaban J connectivity index is 1.82. The van der Waals surface area contributed by atoms with Crippen LogP contribution in [0.2, 0.25) is 0 Å². The summed E-state index contributed by atoms with van der Waals surface area (Å²) < 4.78 is 0. The molecule has 6 nitrogen and oxygen atoms in total. The molecule has 2 rings (SSSR count). The number of hydrogen-bond acceptors (Lipinski definition) is 3. The van der Waals surface area contributed by atoms with Crippen molar-refractivity contribution >= 4 is 17.7 Å². The third kappa shape index (κ3) is 4.95. The Labute approximate surface area is 151 Å². The van der Waals surface area contributed by atoms with Gasteiger partial charge >= 0.3 is 0 Å². The maximum Gasteiger partial charge on any atom is 0.227 e. The van der Waals surface area contributed by atoms with E-state index in [2.05, 4.69) is 12.2 Å². The van der Waals surface area contributed by atoms with E-state index >= 15 is 0 Å². The van der Waals surface area contributed by atoms with Crippen LogP contribution in [0.25, 0.3) is 0 Å². The molecule has 0 aromatic heterocycles. The number of nitrogens with one attached hydrogen (secondary N) is 1. The number of hydrogen-bond donors (Lipinski definition) is 1. The van der Waals surface area contributed by atoms with E-state index in [1.54, 1.807) is 0 Å². The Hall–Kier alpha value is -1.59. The van der Waals surface area contributed by atoms with Crippen LogP contribution in [-0.4, -0.2) is 59.2 Å². The fourth-order valence-corrected chi connectivity index (χ4v) is 3.67. The first-order valence-corrected chi connectivity index (χ1v) is 9.61. The summed E-state index contributed by atoms with van der Waals surface area (Å²) in [6.07, 6.45) is 3.82. The van der Waals surface area contributed by atoms with Crippen molar-refractivity contribution in [2.45, 2.75) is 65.3 Å². The quantitative estimate of drug-likeness (QED) is 0.768. The maximum absolute atomic E-state index is 12.8. The average Bonchev–Trinajstić information content (AvgIpc) is 2.96. The van der Waals surface area contributed by atoms with Gasteiger partial charge in [0.2, 0.25) is 17.7 Å². The normalized spacial score (nSPS) is 22.4. The summed E-state index contributed by atoms with van der Waals surface area (Å²) in [4.78, 5) is 40.7. The third-order valence-electron chi connectivity index (χ3n) is 5.29. The van der Waals surface area contributed by atoms with Gasteiger partial charge < -0.3 is 15.1 Å². The highest BCUT2D eigenvalue weighted by Gasteiger charge is 2.41. The average molecular weight is 351 g/mol. The SMILES string of the molecule is CCCCNC(=O)C1CCN(C(=O)C2CC(=O)N(C(C)(C)C)C2)CC1. The van der Waals surface area contributed by atoms with Gasteiger partial charge in [-0.15, -0.1) is 0 Å². The summed E-state index contributed by atoms with van der Waals surface area (Å²) in [6, 6.07) is 0. The summed E-state index contributed by atoms with van der Waals surface area (Å²) >= 11 is 0. The van der Waals surface area contributed by atoms with Crippen LogP contribution in [0.3, 0.4) is 0 Å². The van der Waals surface area contributed by atoms with E-state index in [0.29, 0.717) is 38.9 Å². The highest BCUT2D eigenvalue weighted by molar-refractivity contribution is 5.89. The molecule has 0 saturated carbocycles. The summed E-state index contributed by atoms with van der Waals surface area (Å²) in [5.41, 5.74) is -0.240. The lowest BCUT2D eigenvalue weighted by Crippen LogP contribution is -2.46. The molecule has 1 atom stereocenters. The molecule has 2 aliphatic heterocycles. The Morgan fingerprint density at radius 2 is 1.80 bits per heavy atom. The molecule has 1 unspecified atom stereocenters. The Morgan fingerprint density at radius 3 is 2.32 bits per heavy atom. The highest BCUT2D eigenvalue weighted by atomic mass is 16.2. The standard InChI is InChI=1S/C19H33N3O3/c1-5-6-9-20-17(24)14-7-10-21(11-8-14)18(25)15-12-16(23)22(13-15)19(2,3)4/h14-15H,5-13H2,1-4H3,(H,20,24). The molecule has 2 saturated heterocycles. The summed E-state index contributed by atoms with van der Waals surface area (Å²) in [5, 5.41) is 2.99. The summed E-state index contributed by atoms with van der Waals surface area (Å²) in [6.45, 7) is 10.6. The fraction of sp³-hybridized carbons (Fsp3) is 0.842. The minimum atomic E-state index is -0.240. The molecule has 25 heavy (non-hydrogen) atoms. The van der Waals surface area contributed by atoms with Crippen LogP contribution in [0.1, 0.15) is 59.8 Å². The maximum atomic E-state index is 12.8. The summed E-state index contributed by atoms with van der Waals surface area (Å²) in [7, 11) is 0. The molecule has 0 aromatic rings. The van der Waals surface area contributed by atoms with Crippen molar-refractivity contribution in [3.05, 3.63) is 0 Å². The zero-order chi connectivity index (χ0) is 18.6. The number of piperidine rings is 1. The van der Waals surface area contributed by atoms with Crippen LogP contribution in [0.15, 0.2) is 0 Å². The van der Waals surface area contributed by atoms with Crippen LogP contribution >= 0.6 is 0 Å². The number of likely N-dealkylation sites (tertiary alicyclic amines) is 2. The van der Waals surface area contributed by atoms with Gasteiger partial charge in [0.1, 0.15) is 0 Å². The van der Waals surface area contributed by atoms with E-state index in [1.807, 2.05) is 30.6 Å². The van der Waals surface area contributed by atoms with Crippen molar-refractivity contribution in [3.63, 3.8) is 0 Å². The van der Waals surface area contributed by atoms with Gasteiger partial charge in [0.15, 0.2) is 0 Å². The molecule has 1 N–H and O–H groups in total. The Kier molecular flexibility index (Phi) is 6.47. The third-order valence-corrected chi connectivity index (χ3v) is 5.29. The number of unbranched alkanes of at least 4 members (excludes halogenated alkanes) is 1. The lowest BCUT2D eigenvalue weighted by atomic mass is 9.94. The van der Waals surface area contributed by atoms with E-state index in [9.17, 15) is 14.4 Å². The van der Waals surface area contributed by atoms with Gasteiger partial charge in [0.05, 0.1) is 5.92 Å². The van der Waals surface area contributed by atoms with Crippen molar-refractivity contribution in [2.24, 2.45) is 11.8 Å². The van der Waals surface area contributed by atoms with Crippen LogP contribution in [0.5, 0.6) is 0 Å². The van der Waals surface area contributed by atoms with E-state index in [0.717, 1.165) is 19.4 Å². The molecule has 0 aromatic carbocycles. The molecule has 6 heteroatoms. The van der Waals surface area contributed by atoms with Crippen molar-refractivity contribution in [2.75, 3.05) is 26.2 Å². The topological polar surface area (TPSA) is 69.7 Å². The van der Waals surface area contributed by atoms with Crippen molar-refractivity contribution in [3.8, 4) is 0 Å². The number of carbonyl (C=O) groups excluding carboxylic acids is 3. The summed E-state index contributed by atoms with van der Waals surface area (Å²) in [5.74, 6) is 0.0373. The minimum absolute atomic E-state index is 0.0113. The second-order valence-electron chi connectivity index (χ2n) is 8.32. The molecule has 3 amide bonds. The molecule has 0 aliphatic carbocycles. The first-order chi connectivity index (χ1) is 11.7. The van der Waals surface area contributed by atoms with Gasteiger partial charge in [-0.3, -0.25) is 14.4 Å².